The first-order valence-electron chi connectivity index (χ1n) is 3.73. The van der Waals surface area contributed by atoms with Gasteiger partial charge >= 0.3 is 5.97 Å². The van der Waals surface area contributed by atoms with E-state index in [0.29, 0.717) is 11.1 Å². The van der Waals surface area contributed by atoms with Crippen LogP contribution in [-0.2, 0) is 0 Å². The van der Waals surface area contributed by atoms with Crippen LogP contribution in [0.4, 0.5) is 10.1 Å². The quantitative estimate of drug-likeness (QED) is 0.651. The molecule has 1 aromatic rings. The van der Waals surface area contributed by atoms with E-state index in [2.05, 4.69) is 0 Å². The molecule has 0 aromatic heterocycles. The van der Waals surface area contributed by atoms with Crippen molar-refractivity contribution in [3.05, 3.63) is 28.6 Å². The number of nitrogen functional groups attached to an aromatic ring is 1. The molecular weight excluding hydrogens is 173 g/mol. The number of nitrogens with two attached hydrogens (primary N) is 1. The van der Waals surface area contributed by atoms with Crippen LogP contribution in [0.25, 0.3) is 0 Å². The first-order chi connectivity index (χ1) is 5.95. The van der Waals surface area contributed by atoms with Crippen LogP contribution in [0.5, 0.6) is 0 Å². The summed E-state index contributed by atoms with van der Waals surface area (Å²) in [6.07, 6.45) is 0. The third-order valence-electron chi connectivity index (χ3n) is 2.05. The van der Waals surface area contributed by atoms with Gasteiger partial charge in [0.1, 0.15) is 5.82 Å². The van der Waals surface area contributed by atoms with E-state index in [0.717, 1.165) is 0 Å². The minimum atomic E-state index is -1.20. The van der Waals surface area contributed by atoms with E-state index in [1.807, 2.05) is 0 Å². The standard InChI is InChI=1S/C9H10FNO2/c1-4-3-6(10)8(11)7(5(4)2)9(12)13/h3H,11H2,1-2H3,(H,12,13). The molecule has 0 atom stereocenters. The number of anilines is 1. The topological polar surface area (TPSA) is 63.3 Å². The van der Waals surface area contributed by atoms with Crippen molar-refractivity contribution in [2.75, 3.05) is 5.73 Å². The molecule has 0 aliphatic heterocycles. The van der Waals surface area contributed by atoms with E-state index < -0.39 is 11.8 Å². The molecule has 0 unspecified atom stereocenters. The van der Waals surface area contributed by atoms with Gasteiger partial charge in [0, 0.05) is 0 Å². The molecular formula is C9H10FNO2. The number of hydrogen-bond donors (Lipinski definition) is 2. The average molecular weight is 183 g/mol. The molecule has 0 radical (unpaired) electrons. The molecule has 3 N–H and O–H groups in total. The molecule has 4 heteroatoms. The van der Waals surface area contributed by atoms with Crippen LogP contribution < -0.4 is 5.73 Å². The SMILES string of the molecule is Cc1cc(F)c(N)c(C(=O)O)c1C. The van der Waals surface area contributed by atoms with E-state index in [9.17, 15) is 9.18 Å². The number of halogens is 1. The van der Waals surface area contributed by atoms with Gasteiger partial charge in [0.25, 0.3) is 0 Å². The molecule has 1 aromatic carbocycles. The van der Waals surface area contributed by atoms with Gasteiger partial charge in [0.05, 0.1) is 11.3 Å². The maximum atomic E-state index is 13.0. The lowest BCUT2D eigenvalue weighted by molar-refractivity contribution is 0.0696. The molecule has 0 saturated carbocycles. The van der Waals surface area contributed by atoms with Crippen molar-refractivity contribution in [2.24, 2.45) is 0 Å². The van der Waals surface area contributed by atoms with Crippen LogP contribution in [0.1, 0.15) is 21.5 Å². The first-order valence-corrected chi connectivity index (χ1v) is 3.73. The van der Waals surface area contributed by atoms with E-state index in [4.69, 9.17) is 10.8 Å². The second-order valence-electron chi connectivity index (χ2n) is 2.89. The summed E-state index contributed by atoms with van der Waals surface area (Å²) < 4.78 is 13.0. The van der Waals surface area contributed by atoms with E-state index in [1.165, 1.54) is 6.07 Å². The zero-order valence-electron chi connectivity index (χ0n) is 7.39. The van der Waals surface area contributed by atoms with Crippen molar-refractivity contribution in [2.45, 2.75) is 13.8 Å². The smallest absolute Gasteiger partial charge is 0.338 e. The summed E-state index contributed by atoms with van der Waals surface area (Å²) in [5, 5.41) is 8.75. The van der Waals surface area contributed by atoms with Gasteiger partial charge in [-0.25, -0.2) is 9.18 Å². The van der Waals surface area contributed by atoms with Gasteiger partial charge in [-0.3, -0.25) is 0 Å². The Bertz CT molecular complexity index is 348. The molecule has 0 heterocycles. The predicted molar refractivity (Wildman–Crippen MR) is 47.2 cm³/mol. The molecule has 0 spiro atoms. The highest BCUT2D eigenvalue weighted by molar-refractivity contribution is 5.95. The Labute approximate surface area is 75.0 Å². The highest BCUT2D eigenvalue weighted by Gasteiger charge is 2.16. The largest absolute Gasteiger partial charge is 0.478 e. The summed E-state index contributed by atoms with van der Waals surface area (Å²) in [5.74, 6) is -1.88. The van der Waals surface area contributed by atoms with Crippen LogP contribution in [0.3, 0.4) is 0 Å². The number of aromatic carboxylic acids is 1. The maximum Gasteiger partial charge on any atom is 0.338 e. The Kier molecular flexibility index (Phi) is 2.23. The summed E-state index contributed by atoms with van der Waals surface area (Å²) in [7, 11) is 0. The lowest BCUT2D eigenvalue weighted by atomic mass is 10.0. The number of hydrogen-bond acceptors (Lipinski definition) is 2. The van der Waals surface area contributed by atoms with Gasteiger partial charge in [0.2, 0.25) is 0 Å². The highest BCUT2D eigenvalue weighted by Crippen LogP contribution is 2.23. The van der Waals surface area contributed by atoms with Gasteiger partial charge in [-0.2, -0.15) is 0 Å². The zero-order chi connectivity index (χ0) is 10.2. The molecule has 0 fully saturated rings. The zero-order valence-corrected chi connectivity index (χ0v) is 7.39. The Morgan fingerprint density at radius 1 is 1.54 bits per heavy atom. The molecule has 0 amide bonds. The average Bonchev–Trinajstić information content (AvgIpc) is 2.01. The fourth-order valence-corrected chi connectivity index (χ4v) is 1.17. The number of aryl methyl sites for hydroxylation is 1. The summed E-state index contributed by atoms with van der Waals surface area (Å²) >= 11 is 0. The van der Waals surface area contributed by atoms with Crippen molar-refractivity contribution in [1.82, 2.24) is 0 Å². The van der Waals surface area contributed by atoms with Gasteiger partial charge in [0.15, 0.2) is 0 Å². The van der Waals surface area contributed by atoms with E-state index >= 15 is 0 Å². The summed E-state index contributed by atoms with van der Waals surface area (Å²) in [4.78, 5) is 10.7. The van der Waals surface area contributed by atoms with Gasteiger partial charge in [-0.15, -0.1) is 0 Å². The number of benzene rings is 1. The molecule has 13 heavy (non-hydrogen) atoms. The van der Waals surface area contributed by atoms with Crippen molar-refractivity contribution < 1.29 is 14.3 Å². The fraction of sp³-hybridized carbons (Fsp3) is 0.222. The maximum absolute atomic E-state index is 13.0. The monoisotopic (exact) mass is 183 g/mol. The Morgan fingerprint density at radius 2 is 2.08 bits per heavy atom. The molecule has 0 saturated heterocycles. The highest BCUT2D eigenvalue weighted by atomic mass is 19.1. The van der Waals surface area contributed by atoms with Gasteiger partial charge in [-0.1, -0.05) is 0 Å². The molecule has 0 bridgehead atoms. The number of carboxylic acid groups (broad SMARTS) is 1. The Morgan fingerprint density at radius 3 is 2.54 bits per heavy atom. The molecule has 0 aliphatic rings. The van der Waals surface area contributed by atoms with Crippen LogP contribution in [0, 0.1) is 19.7 Å². The Hall–Kier alpha value is -1.58. The lowest BCUT2D eigenvalue weighted by Crippen LogP contribution is -2.08. The van der Waals surface area contributed by atoms with Gasteiger partial charge in [-0.05, 0) is 31.0 Å². The number of carboxylic acids is 1. The summed E-state index contributed by atoms with van der Waals surface area (Å²) in [5.41, 5.74) is 5.95. The molecule has 1 rings (SSSR count). The lowest BCUT2D eigenvalue weighted by Gasteiger charge is -2.08. The number of rotatable bonds is 1. The predicted octanol–water partition coefficient (Wildman–Crippen LogP) is 1.72. The van der Waals surface area contributed by atoms with Crippen molar-refractivity contribution >= 4 is 11.7 Å². The van der Waals surface area contributed by atoms with Crippen LogP contribution >= 0.6 is 0 Å². The third kappa shape index (κ3) is 1.47. The van der Waals surface area contributed by atoms with Crippen molar-refractivity contribution in [3.63, 3.8) is 0 Å². The minimum absolute atomic E-state index is 0.141. The second kappa shape index (κ2) is 3.05. The summed E-state index contributed by atoms with van der Waals surface area (Å²) in [6, 6.07) is 1.23. The van der Waals surface area contributed by atoms with Crippen LogP contribution in [0.2, 0.25) is 0 Å². The first kappa shape index (κ1) is 9.51. The van der Waals surface area contributed by atoms with Crippen LogP contribution in [0.15, 0.2) is 6.07 Å². The minimum Gasteiger partial charge on any atom is -0.478 e. The van der Waals surface area contributed by atoms with Gasteiger partial charge < -0.3 is 10.8 Å². The molecule has 70 valence electrons. The normalized spacial score (nSPS) is 10.1. The fourth-order valence-electron chi connectivity index (χ4n) is 1.17. The third-order valence-corrected chi connectivity index (χ3v) is 2.05. The van der Waals surface area contributed by atoms with Crippen LogP contribution in [-0.4, -0.2) is 11.1 Å². The molecule has 3 nitrogen and oxygen atoms in total. The number of carbonyl (C=O) groups is 1. The summed E-state index contributed by atoms with van der Waals surface area (Å²) in [6.45, 7) is 3.25. The molecule has 0 aliphatic carbocycles. The van der Waals surface area contributed by atoms with Crippen molar-refractivity contribution in [1.29, 1.82) is 0 Å². The van der Waals surface area contributed by atoms with E-state index in [-0.39, 0.29) is 11.3 Å². The van der Waals surface area contributed by atoms with Crippen molar-refractivity contribution in [3.8, 4) is 0 Å². The Balaban J connectivity index is 3.56. The van der Waals surface area contributed by atoms with E-state index in [1.54, 1.807) is 13.8 Å². The second-order valence-corrected chi connectivity index (χ2v) is 2.89.